The van der Waals surface area contributed by atoms with Crippen molar-refractivity contribution in [3.63, 3.8) is 0 Å². The Morgan fingerprint density at radius 2 is 0.295 bits per heavy atom. The summed E-state index contributed by atoms with van der Waals surface area (Å²) in [6.45, 7) is 0. The van der Waals surface area contributed by atoms with Crippen molar-refractivity contribution in [2.24, 2.45) is 0 Å². The van der Waals surface area contributed by atoms with Gasteiger partial charge >= 0.3 is 103 Å². The van der Waals surface area contributed by atoms with Gasteiger partial charge in [0.2, 0.25) is 0 Å². The maximum atomic E-state index is 9.91. The summed E-state index contributed by atoms with van der Waals surface area (Å²) in [6, 6.07) is 103. The number of hydrogen-bond acceptors (Lipinski definition) is 2. The third-order valence-corrected chi connectivity index (χ3v) is 19.0. The van der Waals surface area contributed by atoms with Crippen LogP contribution in [0.15, 0.2) is 349 Å². The first-order valence-corrected chi connectivity index (χ1v) is 43.8. The summed E-state index contributed by atoms with van der Waals surface area (Å²) < 4.78 is 149. The minimum atomic E-state index is -9.19. The van der Waals surface area contributed by atoms with Gasteiger partial charge in [0.25, 0.3) is 0 Å². The van der Waals surface area contributed by atoms with Gasteiger partial charge in [0.05, 0.1) is 32.7 Å². The molecule has 0 aromatic heterocycles. The molecule has 0 saturated carbocycles. The summed E-state index contributed by atoms with van der Waals surface area (Å²) in [5, 5.41) is 0. The Morgan fingerprint density at radius 3 is 0.443 bits per heavy atom. The summed E-state index contributed by atoms with van der Waals surface area (Å²) in [4.78, 5) is 17.1. The molecule has 0 aliphatic heterocycles. The van der Waals surface area contributed by atoms with Crippen LogP contribution in [-0.4, -0.2) is 60.9 Å². The normalized spacial score (nSPS) is 12.0. The largest absolute Gasteiger partial charge is 0.166 e. The molecule has 0 spiro atoms. The fourth-order valence-corrected chi connectivity index (χ4v) is 15.2. The van der Waals surface area contributed by atoms with E-state index in [1.165, 1.54) is 63.6 Å². The second-order valence-electron chi connectivity index (χ2n) is 16.6. The molecule has 10 rings (SSSR count). The second-order valence-corrected chi connectivity index (χ2v) is 36.0. The summed E-state index contributed by atoms with van der Waals surface area (Å²) in [7, 11) is -0.324. The Morgan fingerprint density at radius 1 is 0.182 bits per heavy atom. The van der Waals surface area contributed by atoms with Crippen molar-refractivity contribution in [3.8, 4) is 0 Å². The first-order valence-electron chi connectivity index (χ1n) is 24.0. The Bertz CT molecular complexity index is 3170. The monoisotopic (exact) mass is 1660 g/mol. The van der Waals surface area contributed by atoms with Gasteiger partial charge in [-0.1, -0.05) is 166 Å². The van der Waals surface area contributed by atoms with Crippen LogP contribution < -0.4 is 14.1 Å². The molecule has 0 unspecified atom stereocenters. The number of benzene rings is 10. The van der Waals surface area contributed by atoms with Crippen LogP contribution in [-0.2, 0) is 32.7 Å². The molecule has 0 aliphatic carbocycles. The van der Waals surface area contributed by atoms with E-state index in [4.69, 9.17) is 0 Å². The minimum Gasteiger partial charge on any atom is -0.0901 e. The Kier molecular flexibility index (Phi) is 33.4. The molecule has 474 valence electrons. The molecule has 0 radical (unpaired) electrons. The van der Waals surface area contributed by atoms with Crippen LogP contribution in [0.4, 0.5) is 42.2 Å². The second kappa shape index (κ2) is 36.3. The van der Waals surface area contributed by atoms with Gasteiger partial charge in [-0.05, 0) is 158 Å². The van der Waals surface area contributed by atoms with E-state index in [1.807, 2.05) is 11.8 Å². The SMILES string of the molecule is C.C.[F-].[F-].[F-].[F][Sb]([F])([F])([F])[F].[F][Sb]([F])([F])([F])[F].[F][Sb]([F])([F])([F])[F].c1ccc(Sc2ccc([S+](c3ccccc3)c3ccccc3)cc2)cc1.c1ccc([S+](c2ccccc2)c2ccc(Sc3ccc([S+](c4ccccc4)c4ccccc4)cc3)cc2)cc1. The fourth-order valence-electron chi connectivity index (χ4n) is 7.26. The summed E-state index contributed by atoms with van der Waals surface area (Å²) in [6.07, 6.45) is 0. The molecule has 0 amide bonds. The van der Waals surface area contributed by atoms with Crippen LogP contribution in [0.1, 0.15) is 14.9 Å². The van der Waals surface area contributed by atoms with Crippen molar-refractivity contribution in [1.29, 1.82) is 0 Å². The molecular formula is C62H55F18S5Sb3. The molecule has 0 N–H and O–H groups in total. The van der Waals surface area contributed by atoms with Gasteiger partial charge in [-0.3, -0.25) is 0 Å². The number of hydrogen-bond donors (Lipinski definition) is 0. The summed E-state index contributed by atoms with van der Waals surface area (Å²) >= 11 is -23.9. The average molecular weight is 1670 g/mol. The quantitative estimate of drug-likeness (QED) is 0.0641. The molecule has 26 heteroatoms. The van der Waals surface area contributed by atoms with Crippen LogP contribution in [0.3, 0.4) is 0 Å². The van der Waals surface area contributed by atoms with Crippen molar-refractivity contribution in [1.82, 2.24) is 0 Å². The van der Waals surface area contributed by atoms with E-state index in [-0.39, 0.29) is 61.7 Å². The molecular weight excluding hydrogens is 1610 g/mol. The molecule has 0 bridgehead atoms. The number of halogens is 18. The maximum absolute atomic E-state index is 9.91. The van der Waals surface area contributed by atoms with E-state index in [0.29, 0.717) is 0 Å². The third kappa shape index (κ3) is 33.3. The first kappa shape index (κ1) is 81.2. The zero-order valence-corrected chi connectivity index (χ0v) is 55.6. The van der Waals surface area contributed by atoms with E-state index in [1.54, 1.807) is 11.8 Å². The van der Waals surface area contributed by atoms with Crippen LogP contribution in [0.2, 0.25) is 0 Å². The van der Waals surface area contributed by atoms with Crippen molar-refractivity contribution < 1.29 is 56.3 Å². The van der Waals surface area contributed by atoms with Gasteiger partial charge in [-0.25, -0.2) is 0 Å². The molecule has 10 aromatic rings. The van der Waals surface area contributed by atoms with E-state index in [9.17, 15) is 42.2 Å². The third-order valence-electron chi connectivity index (χ3n) is 10.3. The molecule has 0 aliphatic rings. The first-order chi connectivity index (χ1) is 39.0. The van der Waals surface area contributed by atoms with E-state index < -0.39 is 60.9 Å². The molecule has 0 fully saturated rings. The van der Waals surface area contributed by atoms with Gasteiger partial charge in [0, 0.05) is 19.6 Å². The van der Waals surface area contributed by atoms with Crippen LogP contribution in [0.5, 0.6) is 0 Å². The molecule has 0 heterocycles. The van der Waals surface area contributed by atoms with Gasteiger partial charge in [0.15, 0.2) is 44.1 Å². The Balaban J connectivity index is 0.000000681. The standard InChI is InChI=1S/C36H28S3.C24H19S2.2CH4.18FH.3Sb/c1-5-13-31(14-6-1)38(32-15-7-2-8-16-32)35-25-21-29(22-26-35)37-30-23-27-36(28-24-30)39(33-17-9-3-10-18-33)34-19-11-4-12-20-34;1-4-10-20(11-5-1)25-21-16-18-24(19-17-21)26(22-12-6-2-7-13-22)23-14-8-3-9-15-23;;;;;;;;;;;;;;;;;;;;;;;/h1-28H;1-19H;2*1H4;18*1H;;;/q+2;+1;;;;;;;;;;;;;;;;;;;;;3*+5/p-18. The van der Waals surface area contributed by atoms with Gasteiger partial charge in [-0.2, -0.15) is 0 Å². The van der Waals surface area contributed by atoms with Gasteiger partial charge in [0.1, 0.15) is 0 Å². The van der Waals surface area contributed by atoms with Crippen molar-refractivity contribution in [3.05, 3.63) is 285 Å². The molecule has 88 heavy (non-hydrogen) atoms. The molecule has 0 nitrogen and oxygen atoms in total. The average Bonchev–Trinajstić information content (AvgIpc) is 2.18. The molecule has 10 aromatic carbocycles. The van der Waals surface area contributed by atoms with E-state index in [2.05, 4.69) is 285 Å². The molecule has 0 atom stereocenters. The van der Waals surface area contributed by atoms with E-state index in [0.717, 1.165) is 0 Å². The van der Waals surface area contributed by atoms with Gasteiger partial charge in [-0.15, -0.1) is 0 Å². The minimum absolute atomic E-state index is 0. The zero-order chi connectivity index (χ0) is 60.2. The van der Waals surface area contributed by atoms with Crippen molar-refractivity contribution in [2.75, 3.05) is 0 Å². The fraction of sp³-hybridized carbons (Fsp3) is 0.0323. The van der Waals surface area contributed by atoms with Crippen LogP contribution in [0, 0.1) is 0 Å². The number of rotatable bonds is 13. The van der Waals surface area contributed by atoms with Gasteiger partial charge < -0.3 is 14.1 Å². The van der Waals surface area contributed by atoms with E-state index >= 15 is 0 Å². The summed E-state index contributed by atoms with van der Waals surface area (Å²) in [5.41, 5.74) is 0. The van der Waals surface area contributed by atoms with Crippen LogP contribution >= 0.6 is 23.5 Å². The Hall–Kier alpha value is -4.86. The Labute approximate surface area is 531 Å². The summed E-state index contributed by atoms with van der Waals surface area (Å²) in [5.74, 6) is 0. The maximum Gasteiger partial charge on any atom is 0.166 e. The van der Waals surface area contributed by atoms with Crippen LogP contribution in [0.25, 0.3) is 0 Å². The van der Waals surface area contributed by atoms with Crippen molar-refractivity contribution in [2.45, 2.75) is 78.5 Å². The smallest absolute Gasteiger partial charge is 0.0901 e. The molecule has 0 saturated heterocycles. The predicted molar refractivity (Wildman–Crippen MR) is 326 cm³/mol. The zero-order valence-electron chi connectivity index (χ0n) is 43.8. The van der Waals surface area contributed by atoms with Crippen molar-refractivity contribution >= 4 is 117 Å². The topological polar surface area (TPSA) is 0 Å². The predicted octanol–water partition coefficient (Wildman–Crippen LogP) is 14.4.